The number of pyridine rings is 1. The zero-order chi connectivity index (χ0) is 11.1. The Hall–Kier alpha value is -1.56. The highest BCUT2D eigenvalue weighted by molar-refractivity contribution is 7.98. The number of nitrogens with two attached hydrogens (primary N) is 1. The molecule has 0 aromatic carbocycles. The van der Waals surface area contributed by atoms with Gasteiger partial charge in [0.1, 0.15) is 0 Å². The van der Waals surface area contributed by atoms with Crippen LogP contribution >= 0.6 is 11.8 Å². The summed E-state index contributed by atoms with van der Waals surface area (Å²) in [4.78, 5) is 22.6. The molecule has 3 N–H and O–H groups in total. The van der Waals surface area contributed by atoms with Gasteiger partial charge in [0.15, 0.2) is 5.65 Å². The van der Waals surface area contributed by atoms with Crippen LogP contribution in [0.1, 0.15) is 11.1 Å². The van der Waals surface area contributed by atoms with Gasteiger partial charge >= 0.3 is 0 Å². The summed E-state index contributed by atoms with van der Waals surface area (Å²) in [6.07, 6.45) is 2.70. The molecule has 16 heavy (non-hydrogen) atoms. The Kier molecular flexibility index (Phi) is 2.10. The van der Waals surface area contributed by atoms with Crippen LogP contribution in [0.25, 0.3) is 11.0 Å². The van der Waals surface area contributed by atoms with Crippen LogP contribution in [0.4, 0.5) is 5.95 Å². The molecule has 3 rings (SSSR count). The van der Waals surface area contributed by atoms with E-state index in [1.165, 1.54) is 0 Å². The average molecular weight is 234 g/mol. The Labute approximate surface area is 95.5 Å². The van der Waals surface area contributed by atoms with Gasteiger partial charge in [0.05, 0.1) is 5.39 Å². The van der Waals surface area contributed by atoms with Crippen LogP contribution in [-0.4, -0.2) is 20.7 Å². The fourth-order valence-corrected chi connectivity index (χ4v) is 2.95. The Morgan fingerprint density at radius 3 is 3.25 bits per heavy atom. The molecular formula is C10H10N4OS. The number of nitrogen functional groups attached to an aromatic ring is 1. The van der Waals surface area contributed by atoms with Crippen molar-refractivity contribution in [3.05, 3.63) is 27.7 Å². The number of aromatic nitrogens is 3. The second-order valence-electron chi connectivity index (χ2n) is 3.71. The quantitative estimate of drug-likeness (QED) is 0.700. The van der Waals surface area contributed by atoms with E-state index in [-0.39, 0.29) is 11.5 Å². The third-order valence-corrected chi connectivity index (χ3v) is 3.71. The molecule has 0 amide bonds. The number of aromatic amines is 1. The highest BCUT2D eigenvalue weighted by Gasteiger charge is 2.16. The molecule has 0 radical (unpaired) electrons. The molecule has 2 aromatic rings. The molecule has 6 heteroatoms. The lowest BCUT2D eigenvalue weighted by atomic mass is 10.0. The van der Waals surface area contributed by atoms with Gasteiger partial charge in [-0.1, -0.05) is 0 Å². The molecule has 2 aromatic heterocycles. The molecule has 0 atom stereocenters. The number of hydrogen-bond acceptors (Lipinski definition) is 5. The smallest absolute Gasteiger partial charge is 0.262 e. The van der Waals surface area contributed by atoms with Gasteiger partial charge in [-0.15, -0.1) is 0 Å². The molecule has 3 heterocycles. The minimum absolute atomic E-state index is 0.120. The number of nitrogens with one attached hydrogen (secondary N) is 1. The Balaban J connectivity index is 2.43. The van der Waals surface area contributed by atoms with Crippen molar-refractivity contribution in [2.24, 2.45) is 0 Å². The zero-order valence-electron chi connectivity index (χ0n) is 8.49. The van der Waals surface area contributed by atoms with Crippen LogP contribution in [0.2, 0.25) is 0 Å². The Bertz CT molecular complexity index is 622. The van der Waals surface area contributed by atoms with Crippen LogP contribution in [0, 0.1) is 0 Å². The van der Waals surface area contributed by atoms with E-state index in [0.717, 1.165) is 29.1 Å². The highest BCUT2D eigenvalue weighted by atomic mass is 32.2. The van der Waals surface area contributed by atoms with E-state index in [2.05, 4.69) is 15.0 Å². The van der Waals surface area contributed by atoms with Crippen LogP contribution in [0.5, 0.6) is 0 Å². The lowest BCUT2D eigenvalue weighted by Gasteiger charge is -2.15. The van der Waals surface area contributed by atoms with Gasteiger partial charge in [-0.05, 0) is 23.3 Å². The molecule has 5 nitrogen and oxygen atoms in total. The van der Waals surface area contributed by atoms with Crippen molar-refractivity contribution in [3.63, 3.8) is 0 Å². The largest absolute Gasteiger partial charge is 0.369 e. The molecule has 1 aliphatic heterocycles. The number of fused-ring (bicyclic) bond motifs is 3. The SMILES string of the molecule is Nc1nc2ncc3c(c2c(=O)[nH]1)CCSC3. The number of anilines is 1. The lowest BCUT2D eigenvalue weighted by molar-refractivity contribution is 1.06. The lowest BCUT2D eigenvalue weighted by Crippen LogP contribution is -2.16. The number of nitrogens with zero attached hydrogens (tertiary/aromatic N) is 2. The van der Waals surface area contributed by atoms with Crippen LogP contribution < -0.4 is 11.3 Å². The third kappa shape index (κ3) is 1.37. The van der Waals surface area contributed by atoms with Gasteiger partial charge < -0.3 is 5.73 Å². The monoisotopic (exact) mass is 234 g/mol. The number of aryl methyl sites for hydroxylation is 1. The van der Waals surface area contributed by atoms with Gasteiger partial charge in [-0.2, -0.15) is 16.7 Å². The molecule has 0 saturated heterocycles. The maximum atomic E-state index is 11.8. The summed E-state index contributed by atoms with van der Waals surface area (Å²) in [6.45, 7) is 0. The molecule has 0 unspecified atom stereocenters. The summed E-state index contributed by atoms with van der Waals surface area (Å²) in [5.74, 6) is 2.08. The minimum atomic E-state index is -0.182. The van der Waals surface area contributed by atoms with Crippen LogP contribution in [0.3, 0.4) is 0 Å². The van der Waals surface area contributed by atoms with Gasteiger partial charge in [-0.3, -0.25) is 9.78 Å². The van der Waals surface area contributed by atoms with E-state index in [1.807, 2.05) is 11.8 Å². The van der Waals surface area contributed by atoms with Crippen molar-refractivity contribution in [1.82, 2.24) is 15.0 Å². The number of thioether (sulfide) groups is 1. The molecule has 0 saturated carbocycles. The van der Waals surface area contributed by atoms with E-state index in [9.17, 15) is 4.79 Å². The van der Waals surface area contributed by atoms with Crippen molar-refractivity contribution in [2.45, 2.75) is 12.2 Å². The Morgan fingerprint density at radius 1 is 1.50 bits per heavy atom. The summed E-state index contributed by atoms with van der Waals surface area (Å²) >= 11 is 1.86. The van der Waals surface area contributed by atoms with Gasteiger partial charge in [-0.25, -0.2) is 4.98 Å². The molecule has 0 bridgehead atoms. The first-order chi connectivity index (χ1) is 7.75. The maximum absolute atomic E-state index is 11.8. The topological polar surface area (TPSA) is 84.7 Å². The summed E-state index contributed by atoms with van der Waals surface area (Å²) in [7, 11) is 0. The fourth-order valence-electron chi connectivity index (χ4n) is 1.99. The number of hydrogen-bond donors (Lipinski definition) is 2. The number of H-pyrrole nitrogens is 1. The predicted octanol–water partition coefficient (Wildman–Crippen LogP) is 0.690. The summed E-state index contributed by atoms with van der Waals surface area (Å²) in [6, 6.07) is 0. The first kappa shape index (κ1) is 9.65. The Morgan fingerprint density at radius 2 is 2.38 bits per heavy atom. The van der Waals surface area contributed by atoms with Crippen molar-refractivity contribution in [3.8, 4) is 0 Å². The van der Waals surface area contributed by atoms with E-state index in [4.69, 9.17) is 5.73 Å². The van der Waals surface area contributed by atoms with Gasteiger partial charge in [0.2, 0.25) is 5.95 Å². The van der Waals surface area contributed by atoms with Crippen molar-refractivity contribution in [1.29, 1.82) is 0 Å². The normalized spacial score (nSPS) is 15.0. The van der Waals surface area contributed by atoms with Crippen molar-refractivity contribution in [2.75, 3.05) is 11.5 Å². The van der Waals surface area contributed by atoms with E-state index < -0.39 is 0 Å². The summed E-state index contributed by atoms with van der Waals surface area (Å²) < 4.78 is 0. The van der Waals surface area contributed by atoms with Gasteiger partial charge in [0.25, 0.3) is 5.56 Å². The second-order valence-corrected chi connectivity index (χ2v) is 4.82. The standard InChI is InChI=1S/C10H10N4OS/c11-10-13-8-7(9(15)14-10)6-1-2-16-4-5(6)3-12-8/h3H,1-2,4H2,(H3,11,12,13,14,15). The van der Waals surface area contributed by atoms with Gasteiger partial charge in [0, 0.05) is 11.9 Å². The first-order valence-electron chi connectivity index (χ1n) is 4.99. The molecule has 0 aliphatic carbocycles. The number of rotatable bonds is 0. The van der Waals surface area contributed by atoms with E-state index in [1.54, 1.807) is 6.20 Å². The fraction of sp³-hybridized carbons (Fsp3) is 0.300. The minimum Gasteiger partial charge on any atom is -0.369 e. The van der Waals surface area contributed by atoms with E-state index >= 15 is 0 Å². The zero-order valence-corrected chi connectivity index (χ0v) is 9.30. The molecule has 0 spiro atoms. The molecule has 0 fully saturated rings. The molecule has 1 aliphatic rings. The van der Waals surface area contributed by atoms with E-state index in [0.29, 0.717) is 11.0 Å². The average Bonchev–Trinajstić information content (AvgIpc) is 2.28. The van der Waals surface area contributed by atoms with Crippen molar-refractivity contribution < 1.29 is 0 Å². The summed E-state index contributed by atoms with van der Waals surface area (Å²) in [5, 5.41) is 0.604. The summed E-state index contributed by atoms with van der Waals surface area (Å²) in [5.41, 5.74) is 7.98. The predicted molar refractivity (Wildman–Crippen MR) is 64.4 cm³/mol. The van der Waals surface area contributed by atoms with Crippen LogP contribution in [0.15, 0.2) is 11.0 Å². The second kappa shape index (κ2) is 3.48. The maximum Gasteiger partial charge on any atom is 0.262 e. The molecule has 82 valence electrons. The third-order valence-electron chi connectivity index (χ3n) is 2.70. The molecular weight excluding hydrogens is 224 g/mol. The highest BCUT2D eigenvalue weighted by Crippen LogP contribution is 2.27. The first-order valence-corrected chi connectivity index (χ1v) is 6.15. The van der Waals surface area contributed by atoms with Crippen LogP contribution in [-0.2, 0) is 12.2 Å². The van der Waals surface area contributed by atoms with Crippen molar-refractivity contribution >= 4 is 28.7 Å².